The molecule has 2 aromatic heterocycles. The van der Waals surface area contributed by atoms with Gasteiger partial charge in [0, 0.05) is 19.1 Å². The van der Waals surface area contributed by atoms with E-state index in [4.69, 9.17) is 5.73 Å². The molecule has 0 bridgehead atoms. The van der Waals surface area contributed by atoms with E-state index in [-0.39, 0.29) is 11.9 Å². The van der Waals surface area contributed by atoms with Gasteiger partial charge in [0.2, 0.25) is 5.95 Å². The predicted octanol–water partition coefficient (Wildman–Crippen LogP) is 1.57. The summed E-state index contributed by atoms with van der Waals surface area (Å²) in [5.41, 5.74) is 6.53. The molecule has 0 aromatic carbocycles. The Morgan fingerprint density at radius 1 is 1.38 bits per heavy atom. The van der Waals surface area contributed by atoms with E-state index >= 15 is 0 Å². The van der Waals surface area contributed by atoms with Gasteiger partial charge in [0.05, 0.1) is 6.20 Å². The molecule has 0 spiro atoms. The van der Waals surface area contributed by atoms with E-state index in [1.807, 2.05) is 0 Å². The van der Waals surface area contributed by atoms with Crippen molar-refractivity contribution in [3.63, 3.8) is 0 Å². The standard InChI is InChI=1S/C14H19FN6/c1-9(16)10-4-6-21(7-5-10)14-18-13(19-20-14)12-3-2-11(15)8-17-12/h2-3,8-10H,4-7,16H2,1H3,(H,18,19,20). The summed E-state index contributed by atoms with van der Waals surface area (Å²) in [5, 5.41) is 7.09. The third-order valence-corrected chi connectivity index (χ3v) is 4.01. The molecule has 1 aliphatic rings. The highest BCUT2D eigenvalue weighted by Gasteiger charge is 2.24. The molecule has 0 aliphatic carbocycles. The zero-order valence-electron chi connectivity index (χ0n) is 12.0. The zero-order chi connectivity index (χ0) is 14.8. The molecule has 0 saturated carbocycles. The number of rotatable bonds is 3. The van der Waals surface area contributed by atoms with Gasteiger partial charge in [-0.2, -0.15) is 4.98 Å². The number of aromatic nitrogens is 4. The van der Waals surface area contributed by atoms with Crippen LogP contribution in [0, 0.1) is 11.7 Å². The second-order valence-corrected chi connectivity index (χ2v) is 5.53. The van der Waals surface area contributed by atoms with Crippen LogP contribution >= 0.6 is 0 Å². The van der Waals surface area contributed by atoms with Crippen molar-refractivity contribution in [2.75, 3.05) is 18.0 Å². The Bertz CT molecular complexity index is 586. The lowest BCUT2D eigenvalue weighted by molar-refractivity contribution is 0.352. The summed E-state index contributed by atoms with van der Waals surface area (Å²) in [4.78, 5) is 10.6. The van der Waals surface area contributed by atoms with Crippen molar-refractivity contribution in [2.45, 2.75) is 25.8 Å². The van der Waals surface area contributed by atoms with Crippen molar-refractivity contribution in [1.29, 1.82) is 0 Å². The number of nitrogens with zero attached hydrogens (tertiary/aromatic N) is 4. The fraction of sp³-hybridized carbons (Fsp3) is 0.500. The summed E-state index contributed by atoms with van der Waals surface area (Å²) < 4.78 is 12.9. The van der Waals surface area contributed by atoms with E-state index in [1.54, 1.807) is 6.07 Å². The lowest BCUT2D eigenvalue weighted by atomic mass is 9.91. The van der Waals surface area contributed by atoms with E-state index in [2.05, 4.69) is 32.0 Å². The number of nitrogens with two attached hydrogens (primary N) is 1. The van der Waals surface area contributed by atoms with Gasteiger partial charge < -0.3 is 10.6 Å². The maximum atomic E-state index is 12.9. The molecular formula is C14H19FN6. The zero-order valence-corrected chi connectivity index (χ0v) is 12.0. The molecule has 7 heteroatoms. The van der Waals surface area contributed by atoms with E-state index in [0.717, 1.165) is 25.9 Å². The monoisotopic (exact) mass is 290 g/mol. The molecule has 2 aromatic rings. The molecule has 112 valence electrons. The van der Waals surface area contributed by atoms with Crippen molar-refractivity contribution in [3.8, 4) is 11.5 Å². The summed E-state index contributed by atoms with van der Waals surface area (Å²) in [5.74, 6) is 1.42. The first-order valence-electron chi connectivity index (χ1n) is 7.18. The quantitative estimate of drug-likeness (QED) is 0.896. The predicted molar refractivity (Wildman–Crippen MR) is 78.2 cm³/mol. The first-order valence-corrected chi connectivity index (χ1v) is 7.18. The van der Waals surface area contributed by atoms with Crippen LogP contribution in [-0.2, 0) is 0 Å². The van der Waals surface area contributed by atoms with Gasteiger partial charge in [0.25, 0.3) is 0 Å². The van der Waals surface area contributed by atoms with Gasteiger partial charge in [0.1, 0.15) is 11.5 Å². The van der Waals surface area contributed by atoms with E-state index < -0.39 is 0 Å². The molecule has 1 saturated heterocycles. The van der Waals surface area contributed by atoms with Gasteiger partial charge >= 0.3 is 0 Å². The minimum Gasteiger partial charge on any atom is -0.340 e. The Labute approximate surface area is 122 Å². The van der Waals surface area contributed by atoms with Crippen molar-refractivity contribution < 1.29 is 4.39 Å². The van der Waals surface area contributed by atoms with Crippen LogP contribution in [0.5, 0.6) is 0 Å². The van der Waals surface area contributed by atoms with Crippen LogP contribution in [0.4, 0.5) is 10.3 Å². The molecule has 0 amide bonds. The average molecular weight is 290 g/mol. The van der Waals surface area contributed by atoms with Crippen LogP contribution in [0.25, 0.3) is 11.5 Å². The number of anilines is 1. The number of nitrogens with one attached hydrogen (secondary N) is 1. The number of piperidine rings is 1. The highest BCUT2D eigenvalue weighted by Crippen LogP contribution is 2.23. The average Bonchev–Trinajstić information content (AvgIpc) is 2.98. The summed E-state index contributed by atoms with van der Waals surface area (Å²) in [7, 11) is 0. The fourth-order valence-corrected chi connectivity index (χ4v) is 2.65. The minimum absolute atomic E-state index is 0.235. The Hall–Kier alpha value is -2.02. The van der Waals surface area contributed by atoms with E-state index in [0.29, 0.717) is 23.4 Å². The third kappa shape index (κ3) is 3.02. The Balaban J connectivity index is 1.70. The summed E-state index contributed by atoms with van der Waals surface area (Å²) in [6.07, 6.45) is 3.28. The number of H-pyrrole nitrogens is 1. The van der Waals surface area contributed by atoms with Crippen LogP contribution in [0.15, 0.2) is 18.3 Å². The maximum absolute atomic E-state index is 12.9. The molecular weight excluding hydrogens is 271 g/mol. The molecule has 1 fully saturated rings. The van der Waals surface area contributed by atoms with E-state index in [1.165, 1.54) is 12.3 Å². The highest BCUT2D eigenvalue weighted by molar-refractivity contribution is 5.50. The lowest BCUT2D eigenvalue weighted by Crippen LogP contribution is -2.40. The molecule has 3 rings (SSSR count). The maximum Gasteiger partial charge on any atom is 0.245 e. The normalized spacial score (nSPS) is 18.0. The third-order valence-electron chi connectivity index (χ3n) is 4.01. The second kappa shape index (κ2) is 5.77. The lowest BCUT2D eigenvalue weighted by Gasteiger charge is -2.32. The first-order chi connectivity index (χ1) is 10.1. The Morgan fingerprint density at radius 3 is 2.76 bits per heavy atom. The largest absolute Gasteiger partial charge is 0.340 e. The van der Waals surface area contributed by atoms with Crippen molar-refractivity contribution in [3.05, 3.63) is 24.1 Å². The topological polar surface area (TPSA) is 83.7 Å². The van der Waals surface area contributed by atoms with Gasteiger partial charge in [-0.05, 0) is 37.8 Å². The highest BCUT2D eigenvalue weighted by atomic mass is 19.1. The van der Waals surface area contributed by atoms with Gasteiger partial charge in [-0.1, -0.05) is 0 Å². The number of hydrogen-bond acceptors (Lipinski definition) is 5. The number of hydrogen-bond donors (Lipinski definition) is 2. The van der Waals surface area contributed by atoms with Gasteiger partial charge in [-0.3, -0.25) is 5.10 Å². The van der Waals surface area contributed by atoms with Crippen LogP contribution in [0.3, 0.4) is 0 Å². The van der Waals surface area contributed by atoms with Crippen molar-refractivity contribution in [2.24, 2.45) is 11.7 Å². The van der Waals surface area contributed by atoms with Gasteiger partial charge in [-0.25, -0.2) is 9.37 Å². The minimum atomic E-state index is -0.364. The summed E-state index contributed by atoms with van der Waals surface area (Å²) >= 11 is 0. The molecule has 3 N–H and O–H groups in total. The van der Waals surface area contributed by atoms with Crippen molar-refractivity contribution in [1.82, 2.24) is 20.2 Å². The molecule has 1 atom stereocenters. The van der Waals surface area contributed by atoms with Gasteiger partial charge in [-0.15, -0.1) is 5.10 Å². The van der Waals surface area contributed by atoms with Crippen LogP contribution in [0.2, 0.25) is 0 Å². The Morgan fingerprint density at radius 2 is 2.14 bits per heavy atom. The summed E-state index contributed by atoms with van der Waals surface area (Å²) in [6, 6.07) is 3.18. The van der Waals surface area contributed by atoms with E-state index in [9.17, 15) is 4.39 Å². The molecule has 21 heavy (non-hydrogen) atoms. The molecule has 1 aliphatic heterocycles. The molecule has 3 heterocycles. The van der Waals surface area contributed by atoms with Crippen molar-refractivity contribution >= 4 is 5.95 Å². The van der Waals surface area contributed by atoms with Crippen LogP contribution in [0.1, 0.15) is 19.8 Å². The SMILES string of the molecule is CC(N)C1CCN(c2n[nH]c(-c3ccc(F)cn3)n2)CC1. The van der Waals surface area contributed by atoms with Crippen LogP contribution < -0.4 is 10.6 Å². The van der Waals surface area contributed by atoms with Gasteiger partial charge in [0.15, 0.2) is 5.82 Å². The van der Waals surface area contributed by atoms with Crippen LogP contribution in [-0.4, -0.2) is 39.3 Å². The number of halogens is 1. The number of aromatic amines is 1. The number of pyridine rings is 1. The first kappa shape index (κ1) is 13.9. The second-order valence-electron chi connectivity index (χ2n) is 5.53. The Kier molecular flexibility index (Phi) is 3.83. The fourth-order valence-electron chi connectivity index (χ4n) is 2.65. The smallest absolute Gasteiger partial charge is 0.245 e. The molecule has 1 unspecified atom stereocenters. The summed E-state index contributed by atoms with van der Waals surface area (Å²) in [6.45, 7) is 3.87. The molecule has 6 nitrogen and oxygen atoms in total. The molecule has 0 radical (unpaired) electrons.